The van der Waals surface area contributed by atoms with E-state index in [-0.39, 0.29) is 17.5 Å². The number of sulfone groups is 1. The van der Waals surface area contributed by atoms with E-state index in [4.69, 9.17) is 0 Å². The Morgan fingerprint density at radius 2 is 1.80 bits per heavy atom. The molecule has 114 valence electrons. The van der Waals surface area contributed by atoms with E-state index in [1.807, 2.05) is 33.2 Å². The molecule has 4 nitrogen and oxygen atoms in total. The lowest BCUT2D eigenvalue weighted by Gasteiger charge is -2.17. The van der Waals surface area contributed by atoms with Gasteiger partial charge in [0.15, 0.2) is 9.84 Å². The highest BCUT2D eigenvalue weighted by Gasteiger charge is 2.13. The van der Waals surface area contributed by atoms with Crippen LogP contribution in [-0.2, 0) is 22.9 Å². The lowest BCUT2D eigenvalue weighted by atomic mass is 10.1. The molecule has 0 spiro atoms. The number of nitrogens with zero attached hydrogens (tertiary/aromatic N) is 1. The summed E-state index contributed by atoms with van der Waals surface area (Å²) in [5, 5.41) is 3.31. The van der Waals surface area contributed by atoms with Crippen LogP contribution in [0.5, 0.6) is 0 Å². The normalized spacial score (nSPS) is 13.7. The van der Waals surface area contributed by atoms with E-state index in [9.17, 15) is 8.42 Å². The second-order valence-electron chi connectivity index (χ2n) is 5.49. The van der Waals surface area contributed by atoms with Gasteiger partial charge in [0.05, 0.1) is 5.75 Å². The summed E-state index contributed by atoms with van der Waals surface area (Å²) in [6.07, 6.45) is 0. The molecule has 0 aliphatic rings. The van der Waals surface area contributed by atoms with Gasteiger partial charge < -0.3 is 10.2 Å². The van der Waals surface area contributed by atoms with E-state index in [2.05, 4.69) is 22.3 Å². The second-order valence-corrected chi connectivity index (χ2v) is 7.89. The Kier molecular flexibility index (Phi) is 6.65. The largest absolute Gasteiger partial charge is 0.309 e. The van der Waals surface area contributed by atoms with Crippen molar-refractivity contribution in [3.63, 3.8) is 0 Å². The Morgan fingerprint density at radius 1 is 1.20 bits per heavy atom. The molecule has 1 aromatic carbocycles. The lowest BCUT2D eigenvalue weighted by Crippen LogP contribution is -2.33. The molecule has 1 N–H and O–H groups in total. The van der Waals surface area contributed by atoms with Crippen LogP contribution in [0.1, 0.15) is 25.0 Å². The monoisotopic (exact) mass is 298 g/mol. The van der Waals surface area contributed by atoms with Crippen LogP contribution < -0.4 is 5.32 Å². The van der Waals surface area contributed by atoms with Crippen molar-refractivity contribution in [3.8, 4) is 0 Å². The van der Waals surface area contributed by atoms with Crippen LogP contribution in [0.4, 0.5) is 0 Å². The molecule has 5 heteroatoms. The lowest BCUT2D eigenvalue weighted by molar-refractivity contribution is 0.400. The van der Waals surface area contributed by atoms with E-state index < -0.39 is 9.84 Å². The van der Waals surface area contributed by atoms with Gasteiger partial charge >= 0.3 is 0 Å². The topological polar surface area (TPSA) is 49.4 Å². The van der Waals surface area contributed by atoms with Crippen LogP contribution in [-0.4, -0.2) is 45.0 Å². The summed E-state index contributed by atoms with van der Waals surface area (Å²) in [5.74, 6) is 0.398. The zero-order valence-corrected chi connectivity index (χ0v) is 13.7. The Morgan fingerprint density at radius 3 is 2.35 bits per heavy atom. The third kappa shape index (κ3) is 6.03. The van der Waals surface area contributed by atoms with Gasteiger partial charge in [-0.25, -0.2) is 8.42 Å². The third-order valence-electron chi connectivity index (χ3n) is 3.19. The minimum Gasteiger partial charge on any atom is -0.309 e. The molecule has 0 saturated heterocycles. The summed E-state index contributed by atoms with van der Waals surface area (Å²) in [7, 11) is 1.16. The Labute approximate surface area is 123 Å². The van der Waals surface area contributed by atoms with Gasteiger partial charge in [-0.2, -0.15) is 0 Å². The van der Waals surface area contributed by atoms with Crippen molar-refractivity contribution < 1.29 is 8.42 Å². The molecular formula is C15H26N2O2S. The average Bonchev–Trinajstić information content (AvgIpc) is 2.36. The third-order valence-corrected chi connectivity index (χ3v) is 5.08. The molecule has 1 rings (SSSR count). The second kappa shape index (κ2) is 7.76. The molecular weight excluding hydrogens is 272 g/mol. The number of rotatable bonds is 8. The molecule has 1 atom stereocenters. The summed E-state index contributed by atoms with van der Waals surface area (Å²) >= 11 is 0. The first-order valence-electron chi connectivity index (χ1n) is 6.99. The SMILES string of the molecule is CCS(=O)(=O)CC(C)NCc1ccccc1CN(C)C. The zero-order valence-electron chi connectivity index (χ0n) is 12.9. The van der Waals surface area contributed by atoms with Crippen LogP contribution in [0.25, 0.3) is 0 Å². The van der Waals surface area contributed by atoms with Gasteiger partial charge in [-0.05, 0) is 32.1 Å². The van der Waals surface area contributed by atoms with Crippen molar-refractivity contribution in [3.05, 3.63) is 35.4 Å². The Balaban J connectivity index is 2.61. The fourth-order valence-electron chi connectivity index (χ4n) is 2.07. The van der Waals surface area contributed by atoms with Crippen molar-refractivity contribution in [2.24, 2.45) is 0 Å². The summed E-state index contributed by atoms with van der Waals surface area (Å²) in [6.45, 7) is 5.19. The molecule has 0 aromatic heterocycles. The van der Waals surface area contributed by atoms with Crippen molar-refractivity contribution in [1.29, 1.82) is 0 Å². The highest BCUT2D eigenvalue weighted by atomic mass is 32.2. The van der Waals surface area contributed by atoms with E-state index in [1.54, 1.807) is 6.92 Å². The van der Waals surface area contributed by atoms with Crippen LogP contribution in [0.2, 0.25) is 0 Å². The van der Waals surface area contributed by atoms with E-state index >= 15 is 0 Å². The smallest absolute Gasteiger partial charge is 0.151 e. The molecule has 0 amide bonds. The van der Waals surface area contributed by atoms with Gasteiger partial charge in [-0.1, -0.05) is 31.2 Å². The molecule has 0 bridgehead atoms. The van der Waals surface area contributed by atoms with Gasteiger partial charge in [0, 0.05) is 24.9 Å². The summed E-state index contributed by atoms with van der Waals surface area (Å²) in [4.78, 5) is 2.13. The molecule has 0 aliphatic carbocycles. The first kappa shape index (κ1) is 17.1. The predicted octanol–water partition coefficient (Wildman–Crippen LogP) is 1.66. The van der Waals surface area contributed by atoms with Gasteiger partial charge in [-0.15, -0.1) is 0 Å². The maximum atomic E-state index is 11.6. The van der Waals surface area contributed by atoms with E-state index in [0.29, 0.717) is 6.54 Å². The molecule has 0 fully saturated rings. The number of benzene rings is 1. The zero-order chi connectivity index (χ0) is 15.2. The van der Waals surface area contributed by atoms with Gasteiger partial charge in [-0.3, -0.25) is 0 Å². The van der Waals surface area contributed by atoms with Crippen molar-refractivity contribution >= 4 is 9.84 Å². The first-order chi connectivity index (χ1) is 9.34. The predicted molar refractivity (Wildman–Crippen MR) is 84.5 cm³/mol. The van der Waals surface area contributed by atoms with Gasteiger partial charge in [0.25, 0.3) is 0 Å². The van der Waals surface area contributed by atoms with Crippen molar-refractivity contribution in [1.82, 2.24) is 10.2 Å². The van der Waals surface area contributed by atoms with Crippen LogP contribution in [0.15, 0.2) is 24.3 Å². The summed E-state index contributed by atoms with van der Waals surface area (Å²) in [6, 6.07) is 8.22. The van der Waals surface area contributed by atoms with E-state index in [0.717, 1.165) is 6.54 Å². The maximum absolute atomic E-state index is 11.6. The number of nitrogens with one attached hydrogen (secondary N) is 1. The summed E-state index contributed by atoms with van der Waals surface area (Å²) in [5.41, 5.74) is 2.50. The van der Waals surface area contributed by atoms with Crippen molar-refractivity contribution in [2.45, 2.75) is 33.0 Å². The fraction of sp³-hybridized carbons (Fsp3) is 0.600. The van der Waals surface area contributed by atoms with Gasteiger partial charge in [0.1, 0.15) is 0 Å². The number of hydrogen-bond acceptors (Lipinski definition) is 4. The fourth-order valence-corrected chi connectivity index (χ4v) is 3.18. The van der Waals surface area contributed by atoms with Crippen LogP contribution in [0, 0.1) is 0 Å². The molecule has 0 saturated carbocycles. The molecule has 0 heterocycles. The Hall–Kier alpha value is -0.910. The highest BCUT2D eigenvalue weighted by Crippen LogP contribution is 2.10. The van der Waals surface area contributed by atoms with E-state index in [1.165, 1.54) is 11.1 Å². The molecule has 1 unspecified atom stereocenters. The summed E-state index contributed by atoms with van der Waals surface area (Å²) < 4.78 is 23.2. The van der Waals surface area contributed by atoms with Gasteiger partial charge in [0.2, 0.25) is 0 Å². The minimum absolute atomic E-state index is 0.0348. The standard InChI is InChI=1S/C15H26N2O2S/c1-5-20(18,19)12-13(2)16-10-14-8-6-7-9-15(14)11-17(3)4/h6-9,13,16H,5,10-12H2,1-4H3. The molecule has 0 radical (unpaired) electrons. The molecule has 20 heavy (non-hydrogen) atoms. The quantitative estimate of drug-likeness (QED) is 0.793. The minimum atomic E-state index is -2.92. The van der Waals surface area contributed by atoms with Crippen LogP contribution in [0.3, 0.4) is 0 Å². The highest BCUT2D eigenvalue weighted by molar-refractivity contribution is 7.91. The number of hydrogen-bond donors (Lipinski definition) is 1. The first-order valence-corrected chi connectivity index (χ1v) is 8.81. The van der Waals surface area contributed by atoms with Crippen LogP contribution >= 0.6 is 0 Å². The Bertz CT molecular complexity index is 512. The average molecular weight is 298 g/mol. The molecule has 1 aromatic rings. The van der Waals surface area contributed by atoms with Crippen molar-refractivity contribution in [2.75, 3.05) is 25.6 Å². The maximum Gasteiger partial charge on any atom is 0.151 e. The molecule has 0 aliphatic heterocycles.